The van der Waals surface area contributed by atoms with Crippen LogP contribution in [0.3, 0.4) is 0 Å². The van der Waals surface area contributed by atoms with E-state index in [0.717, 1.165) is 22.4 Å². The number of para-hydroxylation sites is 2. The molecule has 3 aliphatic rings. The van der Waals surface area contributed by atoms with E-state index in [-0.39, 0.29) is 5.41 Å². The van der Waals surface area contributed by atoms with E-state index >= 15 is 0 Å². The number of benzene rings is 7. The third-order valence-corrected chi connectivity index (χ3v) is 11.7. The van der Waals surface area contributed by atoms with Gasteiger partial charge in [0.15, 0.2) is 17.5 Å². The second-order valence-electron chi connectivity index (χ2n) is 14.8. The smallest absolute Gasteiger partial charge is 0.164 e. The monoisotopic (exact) mass is 677 g/mol. The van der Waals surface area contributed by atoms with Gasteiger partial charge in [-0.15, -0.1) is 0 Å². The molecule has 5 nitrogen and oxygen atoms in total. The van der Waals surface area contributed by atoms with E-state index in [1.165, 1.54) is 72.2 Å². The largest absolute Gasteiger partial charge is 0.306 e. The van der Waals surface area contributed by atoms with Crippen molar-refractivity contribution in [1.82, 2.24) is 19.5 Å². The maximum Gasteiger partial charge on any atom is 0.164 e. The van der Waals surface area contributed by atoms with Crippen LogP contribution in [0.2, 0.25) is 0 Å². The Morgan fingerprint density at radius 1 is 0.434 bits per heavy atom. The first-order chi connectivity index (χ1) is 26.1. The molecule has 0 spiro atoms. The van der Waals surface area contributed by atoms with Crippen molar-refractivity contribution in [1.29, 1.82) is 0 Å². The number of rotatable bonds is 4. The highest BCUT2D eigenvalue weighted by atomic mass is 15.2. The Labute approximate surface area is 306 Å². The molecule has 9 aromatic rings. The van der Waals surface area contributed by atoms with Crippen LogP contribution in [0.4, 0.5) is 17.1 Å². The molecule has 0 bridgehead atoms. The molecule has 0 atom stereocenters. The molecule has 0 radical (unpaired) electrons. The molecule has 7 aromatic carbocycles. The van der Waals surface area contributed by atoms with Crippen molar-refractivity contribution in [2.45, 2.75) is 19.3 Å². The lowest BCUT2D eigenvalue weighted by atomic mass is 9.81. The molecule has 2 aromatic heterocycles. The van der Waals surface area contributed by atoms with Gasteiger partial charge in [-0.05, 0) is 58.7 Å². The first-order valence-corrected chi connectivity index (χ1v) is 18.2. The van der Waals surface area contributed by atoms with Crippen molar-refractivity contribution in [3.63, 3.8) is 0 Å². The Balaban J connectivity index is 1.08. The molecule has 53 heavy (non-hydrogen) atoms. The van der Waals surface area contributed by atoms with Crippen LogP contribution in [0.1, 0.15) is 25.0 Å². The summed E-state index contributed by atoms with van der Waals surface area (Å²) in [7, 11) is 0. The lowest BCUT2D eigenvalue weighted by Gasteiger charge is -2.34. The average molecular weight is 678 g/mol. The Morgan fingerprint density at radius 3 is 1.70 bits per heavy atom. The van der Waals surface area contributed by atoms with Gasteiger partial charge < -0.3 is 9.47 Å². The fraction of sp³-hybridized carbons (Fsp3) is 0.0625. The first kappa shape index (κ1) is 28.8. The Hall–Kier alpha value is -6.85. The average Bonchev–Trinajstić information content (AvgIpc) is 3.62. The summed E-state index contributed by atoms with van der Waals surface area (Å²) in [5, 5.41) is 2.58. The summed E-state index contributed by atoms with van der Waals surface area (Å²) >= 11 is 0. The van der Waals surface area contributed by atoms with Crippen LogP contribution in [0, 0.1) is 0 Å². The molecular weight excluding hydrogens is 647 g/mol. The summed E-state index contributed by atoms with van der Waals surface area (Å²) in [6.45, 7) is 4.76. The zero-order valence-electron chi connectivity index (χ0n) is 29.2. The molecule has 2 aliphatic heterocycles. The summed E-state index contributed by atoms with van der Waals surface area (Å²) in [5.41, 5.74) is 18.2. The van der Waals surface area contributed by atoms with Gasteiger partial charge in [0.2, 0.25) is 0 Å². The van der Waals surface area contributed by atoms with Gasteiger partial charge >= 0.3 is 0 Å². The number of hydrogen-bond acceptors (Lipinski definition) is 4. The predicted octanol–water partition coefficient (Wildman–Crippen LogP) is 12.0. The van der Waals surface area contributed by atoms with Crippen LogP contribution in [0.15, 0.2) is 152 Å². The van der Waals surface area contributed by atoms with Gasteiger partial charge in [0.25, 0.3) is 0 Å². The lowest BCUT2D eigenvalue weighted by Crippen LogP contribution is -2.19. The maximum atomic E-state index is 5.00. The third-order valence-electron chi connectivity index (χ3n) is 11.7. The molecule has 248 valence electrons. The Morgan fingerprint density at radius 2 is 1.00 bits per heavy atom. The summed E-state index contributed by atoms with van der Waals surface area (Å²) < 4.78 is 2.58. The van der Waals surface area contributed by atoms with E-state index in [9.17, 15) is 0 Å². The van der Waals surface area contributed by atoms with Crippen LogP contribution in [-0.4, -0.2) is 19.5 Å². The molecule has 0 saturated carbocycles. The van der Waals surface area contributed by atoms with Crippen LogP contribution in [-0.2, 0) is 5.41 Å². The summed E-state index contributed by atoms with van der Waals surface area (Å²) in [4.78, 5) is 17.3. The van der Waals surface area contributed by atoms with Gasteiger partial charge in [-0.1, -0.05) is 129 Å². The predicted molar refractivity (Wildman–Crippen MR) is 215 cm³/mol. The van der Waals surface area contributed by atoms with Crippen molar-refractivity contribution in [3.8, 4) is 62.1 Å². The van der Waals surface area contributed by atoms with Crippen molar-refractivity contribution in [3.05, 3.63) is 163 Å². The molecule has 0 N–H and O–H groups in total. The number of aromatic nitrogens is 4. The SMILES string of the molecule is CC1(C)c2cccc3c2-c2c1ccc1c4cccc5c4n(c21)-c1c-3cccc1N5c1ccc(-c2nc(-c3ccccc3)nc(-c3ccccc3)n2)cc1. The molecule has 1 aliphatic carbocycles. The Kier molecular flexibility index (Phi) is 5.51. The second-order valence-corrected chi connectivity index (χ2v) is 14.8. The van der Waals surface area contributed by atoms with Gasteiger partial charge in [0.1, 0.15) is 0 Å². The fourth-order valence-electron chi connectivity index (χ4n) is 9.30. The van der Waals surface area contributed by atoms with Crippen molar-refractivity contribution < 1.29 is 0 Å². The van der Waals surface area contributed by atoms with Gasteiger partial charge in [-0.25, -0.2) is 15.0 Å². The third kappa shape index (κ3) is 3.73. The van der Waals surface area contributed by atoms with Crippen LogP contribution in [0.5, 0.6) is 0 Å². The minimum absolute atomic E-state index is 0.0752. The van der Waals surface area contributed by atoms with Crippen LogP contribution >= 0.6 is 0 Å². The molecule has 5 heteroatoms. The summed E-state index contributed by atoms with van der Waals surface area (Å²) in [5.74, 6) is 1.96. The molecule has 4 heterocycles. The van der Waals surface area contributed by atoms with Crippen LogP contribution < -0.4 is 4.90 Å². The fourth-order valence-corrected chi connectivity index (χ4v) is 9.30. The van der Waals surface area contributed by atoms with E-state index in [0.29, 0.717) is 17.5 Å². The van der Waals surface area contributed by atoms with Gasteiger partial charge in [-0.3, -0.25) is 0 Å². The quantitative estimate of drug-likeness (QED) is 0.186. The summed E-state index contributed by atoms with van der Waals surface area (Å²) in [6.07, 6.45) is 0. The molecule has 0 unspecified atom stereocenters. The van der Waals surface area contributed by atoms with Gasteiger partial charge in [0.05, 0.1) is 28.1 Å². The highest BCUT2D eigenvalue weighted by Crippen LogP contribution is 2.61. The van der Waals surface area contributed by atoms with Crippen LogP contribution in [0.25, 0.3) is 83.9 Å². The molecule has 0 saturated heterocycles. The minimum atomic E-state index is -0.0752. The molecule has 0 amide bonds. The first-order valence-electron chi connectivity index (χ1n) is 18.2. The number of fused-ring (bicyclic) bond motifs is 2. The lowest BCUT2D eigenvalue weighted by molar-refractivity contribution is 0.661. The second kappa shape index (κ2) is 10.1. The normalized spacial score (nSPS) is 14.0. The maximum absolute atomic E-state index is 5.00. The molecule has 12 rings (SSSR count). The molecule has 0 fully saturated rings. The number of hydrogen-bond donors (Lipinski definition) is 0. The van der Waals surface area contributed by atoms with Crippen molar-refractivity contribution in [2.75, 3.05) is 4.90 Å². The number of nitrogens with zero attached hydrogens (tertiary/aromatic N) is 5. The van der Waals surface area contributed by atoms with Gasteiger partial charge in [0, 0.05) is 49.7 Å². The van der Waals surface area contributed by atoms with Crippen molar-refractivity contribution in [2.24, 2.45) is 0 Å². The minimum Gasteiger partial charge on any atom is -0.306 e. The Bertz CT molecular complexity index is 2960. The zero-order valence-corrected chi connectivity index (χ0v) is 29.2. The van der Waals surface area contributed by atoms with Gasteiger partial charge in [-0.2, -0.15) is 0 Å². The van der Waals surface area contributed by atoms with E-state index in [4.69, 9.17) is 15.0 Å². The highest BCUT2D eigenvalue weighted by Gasteiger charge is 2.42. The van der Waals surface area contributed by atoms with E-state index in [1.807, 2.05) is 60.7 Å². The van der Waals surface area contributed by atoms with E-state index in [2.05, 4.69) is 114 Å². The standard InChI is InChI=1S/C48H31N5/c1-48(2)36-19-9-16-32-33-17-10-20-38-42(33)53-43-34(35-26-27-37(48)41(40(32)36)44(35)53)18-11-21-39(43)52(38)31-24-22-30(23-25-31)47-50-45(28-12-5-3-6-13-28)49-46(51-47)29-14-7-4-8-15-29/h3-27H,1-2H3. The number of anilines is 3. The summed E-state index contributed by atoms with van der Waals surface area (Å²) in [6, 6.07) is 54.2. The molecular formula is C48H31N5. The topological polar surface area (TPSA) is 46.8 Å². The zero-order chi connectivity index (χ0) is 35.0. The van der Waals surface area contributed by atoms with E-state index in [1.54, 1.807) is 0 Å². The highest BCUT2D eigenvalue weighted by molar-refractivity contribution is 6.23. The van der Waals surface area contributed by atoms with Crippen molar-refractivity contribution >= 4 is 38.9 Å². The van der Waals surface area contributed by atoms with E-state index < -0.39 is 0 Å².